The first-order valence-corrected chi connectivity index (χ1v) is 2.69. The molecular weight excluding hydrogens is 138 g/mol. The average molecular weight is 147 g/mol. The summed E-state index contributed by atoms with van der Waals surface area (Å²) < 4.78 is 8.10. The van der Waals surface area contributed by atoms with E-state index in [2.05, 4.69) is 9.47 Å². The molecule has 10 heavy (non-hydrogen) atoms. The van der Waals surface area contributed by atoms with E-state index in [9.17, 15) is 9.59 Å². The van der Waals surface area contributed by atoms with Crippen LogP contribution in [0.1, 0.15) is 6.42 Å². The summed E-state index contributed by atoms with van der Waals surface area (Å²) in [6.07, 6.45) is -0.979. The molecule has 0 saturated carbocycles. The van der Waals surface area contributed by atoms with Crippen molar-refractivity contribution >= 4 is 12.1 Å². The molecule has 0 spiro atoms. The molecule has 0 aliphatic heterocycles. The molecular formula is C5H9NO4. The van der Waals surface area contributed by atoms with E-state index in [0.29, 0.717) is 0 Å². The Morgan fingerprint density at radius 1 is 1.50 bits per heavy atom. The highest BCUT2D eigenvalue weighted by Crippen LogP contribution is 1.86. The summed E-state index contributed by atoms with van der Waals surface area (Å²) in [6.45, 7) is 0.163. The summed E-state index contributed by atoms with van der Waals surface area (Å²) in [7, 11) is 1.12. The molecule has 0 radical (unpaired) electrons. The number of methoxy groups -OCH3 is 1. The first kappa shape index (κ1) is 8.90. The number of hydrogen-bond donors (Lipinski definition) is 1. The molecule has 2 N–H and O–H groups in total. The second-order valence-electron chi connectivity index (χ2n) is 1.47. The molecule has 0 saturated heterocycles. The molecule has 0 aliphatic rings. The van der Waals surface area contributed by atoms with E-state index < -0.39 is 12.1 Å². The lowest BCUT2D eigenvalue weighted by atomic mass is 10.4. The van der Waals surface area contributed by atoms with Crippen LogP contribution in [0.2, 0.25) is 0 Å². The van der Waals surface area contributed by atoms with E-state index in [1.54, 1.807) is 0 Å². The van der Waals surface area contributed by atoms with Gasteiger partial charge in [-0.1, -0.05) is 0 Å². The third-order valence-corrected chi connectivity index (χ3v) is 0.712. The predicted molar refractivity (Wildman–Crippen MR) is 32.2 cm³/mol. The molecule has 58 valence electrons. The standard InChI is InChI=1S/C5H9NO4/c1-9-5(8)10-4(7)2-3-6/h2-3,6H2,1H3. The minimum absolute atomic E-state index is 0.0229. The Hall–Kier alpha value is -1.10. The van der Waals surface area contributed by atoms with Gasteiger partial charge in [-0.05, 0) is 0 Å². The highest BCUT2D eigenvalue weighted by Gasteiger charge is 2.07. The van der Waals surface area contributed by atoms with Crippen LogP contribution in [0.25, 0.3) is 0 Å². The first-order chi connectivity index (χ1) is 4.70. The number of nitrogens with two attached hydrogens (primary N) is 1. The van der Waals surface area contributed by atoms with E-state index in [4.69, 9.17) is 5.73 Å². The zero-order chi connectivity index (χ0) is 7.98. The number of ether oxygens (including phenoxy) is 2. The zero-order valence-corrected chi connectivity index (χ0v) is 5.62. The SMILES string of the molecule is COC(=O)OC(=O)CCN. The van der Waals surface area contributed by atoms with Crippen LogP contribution in [0.4, 0.5) is 4.79 Å². The van der Waals surface area contributed by atoms with Crippen LogP contribution in [0.5, 0.6) is 0 Å². The van der Waals surface area contributed by atoms with Gasteiger partial charge in [0.2, 0.25) is 0 Å². The van der Waals surface area contributed by atoms with Crippen LogP contribution in [0, 0.1) is 0 Å². The lowest BCUT2D eigenvalue weighted by Gasteiger charge is -1.97. The molecule has 0 fully saturated rings. The Bertz CT molecular complexity index is 134. The fourth-order valence-corrected chi connectivity index (χ4v) is 0.303. The number of rotatable bonds is 2. The summed E-state index contributed by atoms with van der Waals surface area (Å²) >= 11 is 0. The number of hydrogen-bond acceptors (Lipinski definition) is 5. The highest BCUT2D eigenvalue weighted by molar-refractivity contribution is 5.81. The Balaban J connectivity index is 3.47. The van der Waals surface area contributed by atoms with Gasteiger partial charge in [0.25, 0.3) is 0 Å². The monoisotopic (exact) mass is 147 g/mol. The molecule has 0 aliphatic carbocycles. The molecule has 5 heteroatoms. The lowest BCUT2D eigenvalue weighted by molar-refractivity contribution is -0.139. The maximum absolute atomic E-state index is 10.4. The Labute approximate surface area is 58.1 Å². The summed E-state index contributed by atoms with van der Waals surface area (Å²) in [4.78, 5) is 20.6. The molecule has 0 amide bonds. The van der Waals surface area contributed by atoms with Crippen LogP contribution < -0.4 is 5.73 Å². The van der Waals surface area contributed by atoms with E-state index in [0.717, 1.165) is 7.11 Å². The number of esters is 1. The maximum atomic E-state index is 10.4. The summed E-state index contributed by atoms with van der Waals surface area (Å²) in [5.74, 6) is -0.672. The Kier molecular flexibility index (Phi) is 4.23. The van der Waals surface area contributed by atoms with Crippen LogP contribution in [-0.4, -0.2) is 25.8 Å². The summed E-state index contributed by atoms with van der Waals surface area (Å²) in [6, 6.07) is 0. The van der Waals surface area contributed by atoms with Gasteiger partial charge in [-0.15, -0.1) is 0 Å². The van der Waals surface area contributed by atoms with Crippen molar-refractivity contribution in [1.29, 1.82) is 0 Å². The van der Waals surface area contributed by atoms with Gasteiger partial charge in [-0.2, -0.15) is 0 Å². The predicted octanol–water partition coefficient (Wildman–Crippen LogP) is -0.355. The van der Waals surface area contributed by atoms with Crippen LogP contribution in [0.3, 0.4) is 0 Å². The van der Waals surface area contributed by atoms with Crippen molar-refractivity contribution in [2.45, 2.75) is 6.42 Å². The first-order valence-electron chi connectivity index (χ1n) is 2.69. The van der Waals surface area contributed by atoms with Crippen molar-refractivity contribution in [3.05, 3.63) is 0 Å². The lowest BCUT2D eigenvalue weighted by Crippen LogP contribution is -2.15. The molecule has 0 rings (SSSR count). The minimum Gasteiger partial charge on any atom is -0.437 e. The van der Waals surface area contributed by atoms with Crippen molar-refractivity contribution in [3.63, 3.8) is 0 Å². The molecule has 0 bridgehead atoms. The third-order valence-electron chi connectivity index (χ3n) is 0.712. The Morgan fingerprint density at radius 2 is 2.10 bits per heavy atom. The number of carbonyl (C=O) groups is 2. The molecule has 0 atom stereocenters. The van der Waals surface area contributed by atoms with Gasteiger partial charge >= 0.3 is 12.1 Å². The van der Waals surface area contributed by atoms with Gasteiger partial charge in [0.15, 0.2) is 0 Å². The summed E-state index contributed by atoms with van der Waals surface area (Å²) in [5, 5.41) is 0. The van der Waals surface area contributed by atoms with Gasteiger partial charge < -0.3 is 15.2 Å². The average Bonchev–Trinajstić information content (AvgIpc) is 1.88. The fourth-order valence-electron chi connectivity index (χ4n) is 0.303. The van der Waals surface area contributed by atoms with Gasteiger partial charge in [-0.3, -0.25) is 4.79 Å². The van der Waals surface area contributed by atoms with Gasteiger partial charge in [-0.25, -0.2) is 4.79 Å². The van der Waals surface area contributed by atoms with Gasteiger partial charge in [0, 0.05) is 6.54 Å². The van der Waals surface area contributed by atoms with Crippen molar-refractivity contribution in [3.8, 4) is 0 Å². The van der Waals surface area contributed by atoms with Crippen molar-refractivity contribution < 1.29 is 19.1 Å². The van der Waals surface area contributed by atoms with E-state index in [1.165, 1.54) is 0 Å². The topological polar surface area (TPSA) is 78.6 Å². The van der Waals surface area contributed by atoms with Crippen molar-refractivity contribution in [2.24, 2.45) is 5.73 Å². The quantitative estimate of drug-likeness (QED) is 0.426. The third kappa shape index (κ3) is 3.85. The molecule has 0 heterocycles. The normalized spacial score (nSPS) is 8.60. The zero-order valence-electron chi connectivity index (χ0n) is 5.62. The molecule has 5 nitrogen and oxygen atoms in total. The second-order valence-corrected chi connectivity index (χ2v) is 1.47. The molecule has 0 aromatic carbocycles. The van der Waals surface area contributed by atoms with Gasteiger partial charge in [0.05, 0.1) is 13.5 Å². The highest BCUT2D eigenvalue weighted by atomic mass is 16.7. The van der Waals surface area contributed by atoms with Crippen LogP contribution in [0.15, 0.2) is 0 Å². The smallest absolute Gasteiger partial charge is 0.437 e. The largest absolute Gasteiger partial charge is 0.515 e. The van der Waals surface area contributed by atoms with Crippen LogP contribution >= 0.6 is 0 Å². The van der Waals surface area contributed by atoms with Crippen molar-refractivity contribution in [1.82, 2.24) is 0 Å². The van der Waals surface area contributed by atoms with Crippen LogP contribution in [-0.2, 0) is 14.3 Å². The molecule has 0 aromatic heterocycles. The second kappa shape index (κ2) is 4.75. The van der Waals surface area contributed by atoms with E-state index in [1.807, 2.05) is 0 Å². The summed E-state index contributed by atoms with van der Waals surface area (Å²) in [5.41, 5.74) is 4.99. The molecule has 0 aromatic rings. The van der Waals surface area contributed by atoms with E-state index >= 15 is 0 Å². The molecule has 0 unspecified atom stereocenters. The van der Waals surface area contributed by atoms with Crippen molar-refractivity contribution in [2.75, 3.05) is 13.7 Å². The van der Waals surface area contributed by atoms with Gasteiger partial charge in [0.1, 0.15) is 0 Å². The minimum atomic E-state index is -1.00. The van der Waals surface area contributed by atoms with E-state index in [-0.39, 0.29) is 13.0 Å². The maximum Gasteiger partial charge on any atom is 0.515 e. The Morgan fingerprint density at radius 3 is 2.50 bits per heavy atom. The number of carbonyl (C=O) groups excluding carboxylic acids is 2. The fraction of sp³-hybridized carbons (Fsp3) is 0.600.